The highest BCUT2D eigenvalue weighted by Gasteiger charge is 2.17. The number of nitrogens with one attached hydrogen (secondary N) is 1. The molecule has 0 rings (SSSR count). The van der Waals surface area contributed by atoms with E-state index in [4.69, 9.17) is 0 Å². The molecule has 0 aromatic carbocycles. The van der Waals surface area contributed by atoms with E-state index in [9.17, 15) is 9.90 Å². The Hall–Kier alpha value is -0.610. The summed E-state index contributed by atoms with van der Waals surface area (Å²) >= 11 is 0. The van der Waals surface area contributed by atoms with Gasteiger partial charge >= 0.3 is 5.97 Å². The zero-order valence-corrected chi connectivity index (χ0v) is 10.1. The van der Waals surface area contributed by atoms with Gasteiger partial charge in [0.05, 0.1) is 13.2 Å². The van der Waals surface area contributed by atoms with Crippen LogP contribution in [0.1, 0.15) is 33.6 Å². The number of carbonyl (C=O) groups is 1. The van der Waals surface area contributed by atoms with E-state index in [-0.39, 0.29) is 12.0 Å². The molecule has 0 aliphatic rings. The van der Waals surface area contributed by atoms with Crippen molar-refractivity contribution in [3.63, 3.8) is 0 Å². The van der Waals surface area contributed by atoms with Gasteiger partial charge < -0.3 is 15.2 Å². The van der Waals surface area contributed by atoms with Crippen molar-refractivity contribution in [1.82, 2.24) is 5.32 Å². The van der Waals surface area contributed by atoms with Crippen molar-refractivity contribution in [1.29, 1.82) is 0 Å². The van der Waals surface area contributed by atoms with E-state index in [0.717, 1.165) is 6.42 Å². The summed E-state index contributed by atoms with van der Waals surface area (Å²) in [7, 11) is 1.37. The van der Waals surface area contributed by atoms with Gasteiger partial charge in [0, 0.05) is 6.54 Å². The number of esters is 1. The molecule has 0 bridgehead atoms. The number of rotatable bonds is 7. The molecule has 0 aromatic rings. The van der Waals surface area contributed by atoms with Crippen LogP contribution >= 0.6 is 0 Å². The first-order chi connectivity index (χ1) is 7.01. The number of aliphatic hydroxyl groups is 1. The van der Waals surface area contributed by atoms with Gasteiger partial charge in [-0.15, -0.1) is 0 Å². The average molecular weight is 217 g/mol. The van der Waals surface area contributed by atoms with Crippen LogP contribution in [0.25, 0.3) is 0 Å². The Morgan fingerprint density at radius 1 is 1.47 bits per heavy atom. The van der Waals surface area contributed by atoms with Crippen LogP contribution in [0.4, 0.5) is 0 Å². The van der Waals surface area contributed by atoms with Crippen molar-refractivity contribution < 1.29 is 14.6 Å². The standard InChI is InChI=1S/C11H23NO3/c1-5-10(11(14)15-4)12-7-9(13)6-8(2)3/h8-10,12-13H,5-7H2,1-4H3. The highest BCUT2D eigenvalue weighted by molar-refractivity contribution is 5.75. The summed E-state index contributed by atoms with van der Waals surface area (Å²) in [4.78, 5) is 11.2. The Balaban J connectivity index is 3.84. The monoisotopic (exact) mass is 217 g/mol. The Bertz CT molecular complexity index is 183. The van der Waals surface area contributed by atoms with Crippen LogP contribution in [0.15, 0.2) is 0 Å². The number of aliphatic hydroxyl groups excluding tert-OH is 1. The van der Waals surface area contributed by atoms with Crippen LogP contribution in [0.3, 0.4) is 0 Å². The molecule has 0 aliphatic carbocycles. The fourth-order valence-corrected chi connectivity index (χ4v) is 1.44. The van der Waals surface area contributed by atoms with Crippen molar-refractivity contribution in [2.75, 3.05) is 13.7 Å². The minimum Gasteiger partial charge on any atom is -0.468 e. The molecule has 15 heavy (non-hydrogen) atoms. The van der Waals surface area contributed by atoms with Gasteiger partial charge in [-0.05, 0) is 18.8 Å². The molecule has 0 saturated heterocycles. The highest BCUT2D eigenvalue weighted by Crippen LogP contribution is 2.04. The predicted molar refractivity (Wildman–Crippen MR) is 59.6 cm³/mol. The van der Waals surface area contributed by atoms with E-state index < -0.39 is 6.10 Å². The van der Waals surface area contributed by atoms with E-state index in [1.165, 1.54) is 7.11 Å². The molecule has 0 saturated carbocycles. The van der Waals surface area contributed by atoms with Gasteiger partial charge in [0.25, 0.3) is 0 Å². The molecule has 0 radical (unpaired) electrons. The fraction of sp³-hybridized carbons (Fsp3) is 0.909. The lowest BCUT2D eigenvalue weighted by Crippen LogP contribution is -2.41. The fourth-order valence-electron chi connectivity index (χ4n) is 1.44. The number of carbonyl (C=O) groups excluding carboxylic acids is 1. The van der Waals surface area contributed by atoms with Crippen molar-refractivity contribution >= 4 is 5.97 Å². The summed E-state index contributed by atoms with van der Waals surface area (Å²) in [6, 6.07) is -0.309. The van der Waals surface area contributed by atoms with Gasteiger partial charge in [-0.3, -0.25) is 4.79 Å². The van der Waals surface area contributed by atoms with Crippen LogP contribution < -0.4 is 5.32 Å². The number of hydrogen-bond acceptors (Lipinski definition) is 4. The van der Waals surface area contributed by atoms with Crippen molar-refractivity contribution in [2.24, 2.45) is 5.92 Å². The molecule has 0 aliphatic heterocycles. The lowest BCUT2D eigenvalue weighted by Gasteiger charge is -2.18. The second-order valence-electron chi connectivity index (χ2n) is 4.18. The minimum absolute atomic E-state index is 0.269. The Labute approximate surface area is 92.0 Å². The molecule has 0 heterocycles. The van der Waals surface area contributed by atoms with Gasteiger partial charge in [-0.25, -0.2) is 0 Å². The van der Waals surface area contributed by atoms with Gasteiger partial charge in [0.1, 0.15) is 6.04 Å². The summed E-state index contributed by atoms with van der Waals surface area (Å²) in [5.74, 6) is 0.189. The van der Waals surface area contributed by atoms with E-state index >= 15 is 0 Å². The van der Waals surface area contributed by atoms with E-state index in [1.807, 2.05) is 6.92 Å². The lowest BCUT2D eigenvalue weighted by atomic mass is 10.1. The lowest BCUT2D eigenvalue weighted by molar-refractivity contribution is -0.143. The third kappa shape index (κ3) is 6.47. The average Bonchev–Trinajstić information content (AvgIpc) is 2.17. The molecule has 4 heteroatoms. The van der Waals surface area contributed by atoms with Crippen molar-refractivity contribution in [3.05, 3.63) is 0 Å². The molecule has 0 spiro atoms. The summed E-state index contributed by atoms with van der Waals surface area (Å²) in [6.07, 6.45) is 1.01. The highest BCUT2D eigenvalue weighted by atomic mass is 16.5. The summed E-state index contributed by atoms with van der Waals surface area (Å²) in [5, 5.41) is 12.6. The second kappa shape index (κ2) is 7.65. The molecular formula is C11H23NO3. The molecule has 2 N–H and O–H groups in total. The summed E-state index contributed by atoms with van der Waals surface area (Å²) in [5.41, 5.74) is 0. The van der Waals surface area contributed by atoms with Crippen LogP contribution in [-0.2, 0) is 9.53 Å². The van der Waals surface area contributed by atoms with E-state index in [0.29, 0.717) is 18.9 Å². The Morgan fingerprint density at radius 3 is 2.47 bits per heavy atom. The maximum absolute atomic E-state index is 11.2. The maximum atomic E-state index is 11.2. The zero-order chi connectivity index (χ0) is 11.8. The summed E-state index contributed by atoms with van der Waals surface area (Å²) in [6.45, 7) is 6.46. The van der Waals surface area contributed by atoms with Gasteiger partial charge in [-0.2, -0.15) is 0 Å². The predicted octanol–water partition coefficient (Wildman–Crippen LogP) is 0.935. The van der Waals surface area contributed by atoms with Gasteiger partial charge in [-0.1, -0.05) is 20.8 Å². The molecular weight excluding hydrogens is 194 g/mol. The van der Waals surface area contributed by atoms with Crippen LogP contribution in [0, 0.1) is 5.92 Å². The third-order valence-electron chi connectivity index (χ3n) is 2.24. The van der Waals surface area contributed by atoms with Crippen LogP contribution in [0.5, 0.6) is 0 Å². The Morgan fingerprint density at radius 2 is 2.07 bits per heavy atom. The number of ether oxygens (including phenoxy) is 1. The molecule has 0 fully saturated rings. The molecule has 2 atom stereocenters. The van der Waals surface area contributed by atoms with Crippen molar-refractivity contribution in [3.8, 4) is 0 Å². The first-order valence-corrected chi connectivity index (χ1v) is 5.50. The quantitative estimate of drug-likeness (QED) is 0.623. The molecule has 0 amide bonds. The third-order valence-corrected chi connectivity index (χ3v) is 2.24. The largest absolute Gasteiger partial charge is 0.468 e. The van der Waals surface area contributed by atoms with Crippen LogP contribution in [0.2, 0.25) is 0 Å². The number of hydrogen-bond donors (Lipinski definition) is 2. The smallest absolute Gasteiger partial charge is 0.322 e. The number of methoxy groups -OCH3 is 1. The van der Waals surface area contributed by atoms with E-state index in [1.54, 1.807) is 0 Å². The SMILES string of the molecule is CCC(NCC(O)CC(C)C)C(=O)OC. The van der Waals surface area contributed by atoms with Gasteiger partial charge in [0.15, 0.2) is 0 Å². The maximum Gasteiger partial charge on any atom is 0.322 e. The topological polar surface area (TPSA) is 58.6 Å². The molecule has 0 aromatic heterocycles. The first kappa shape index (κ1) is 14.4. The van der Waals surface area contributed by atoms with Crippen LogP contribution in [-0.4, -0.2) is 36.9 Å². The second-order valence-corrected chi connectivity index (χ2v) is 4.18. The van der Waals surface area contributed by atoms with Crippen molar-refractivity contribution in [2.45, 2.75) is 45.8 Å². The zero-order valence-electron chi connectivity index (χ0n) is 10.1. The molecule has 2 unspecified atom stereocenters. The molecule has 4 nitrogen and oxygen atoms in total. The minimum atomic E-state index is -0.399. The summed E-state index contributed by atoms with van der Waals surface area (Å²) < 4.78 is 4.63. The van der Waals surface area contributed by atoms with Gasteiger partial charge in [0.2, 0.25) is 0 Å². The molecule has 90 valence electrons. The first-order valence-electron chi connectivity index (χ1n) is 5.50. The Kier molecular flexibility index (Phi) is 7.34. The normalized spacial score (nSPS) is 15.1. The van der Waals surface area contributed by atoms with E-state index in [2.05, 4.69) is 23.9 Å².